The molecule has 28 heavy (non-hydrogen) atoms. The fourth-order valence-corrected chi connectivity index (χ4v) is 3.78. The number of hydrogen-bond donors (Lipinski definition) is 1. The molecule has 1 aliphatic heterocycles. The second kappa shape index (κ2) is 8.39. The highest BCUT2D eigenvalue weighted by molar-refractivity contribution is 7.90. The van der Waals surface area contributed by atoms with Gasteiger partial charge in [-0.3, -0.25) is 4.79 Å². The summed E-state index contributed by atoms with van der Waals surface area (Å²) in [5.41, 5.74) is 0.428. The predicted octanol–water partition coefficient (Wildman–Crippen LogP) is 2.66. The second-order valence-corrected chi connectivity index (χ2v) is 7.93. The summed E-state index contributed by atoms with van der Waals surface area (Å²) < 4.78 is 46.8. The molecule has 1 amide bonds. The molecular weight excluding hydrogens is 385 g/mol. The number of amidine groups is 1. The Balaban J connectivity index is 1.59. The van der Waals surface area contributed by atoms with Crippen LogP contribution in [-0.2, 0) is 14.8 Å². The van der Waals surface area contributed by atoms with Gasteiger partial charge in [0.15, 0.2) is 6.61 Å². The molecule has 0 radical (unpaired) electrons. The van der Waals surface area contributed by atoms with Crippen LogP contribution in [0.15, 0.2) is 57.8 Å². The van der Waals surface area contributed by atoms with Gasteiger partial charge in [0.05, 0.1) is 4.90 Å². The summed E-state index contributed by atoms with van der Waals surface area (Å²) in [5.74, 6) is 0.105. The maximum Gasteiger partial charge on any atom is 0.283 e. The van der Waals surface area contributed by atoms with Crippen molar-refractivity contribution in [1.82, 2.24) is 4.90 Å². The van der Waals surface area contributed by atoms with Crippen molar-refractivity contribution in [2.45, 2.75) is 17.7 Å². The highest BCUT2D eigenvalue weighted by Crippen LogP contribution is 2.19. The molecule has 7 nitrogen and oxygen atoms in total. The lowest BCUT2D eigenvalue weighted by Crippen LogP contribution is -2.20. The maximum atomic E-state index is 12.8. The van der Waals surface area contributed by atoms with Crippen molar-refractivity contribution in [2.75, 3.05) is 25.5 Å². The monoisotopic (exact) mass is 405 g/mol. The molecule has 2 aromatic carbocycles. The van der Waals surface area contributed by atoms with E-state index in [0.29, 0.717) is 23.7 Å². The molecule has 1 N–H and O–H groups in total. The van der Waals surface area contributed by atoms with Gasteiger partial charge in [0.2, 0.25) is 0 Å². The van der Waals surface area contributed by atoms with Crippen molar-refractivity contribution in [2.24, 2.45) is 4.40 Å². The Kier molecular flexibility index (Phi) is 5.93. The van der Waals surface area contributed by atoms with Crippen LogP contribution in [0.5, 0.6) is 5.75 Å². The van der Waals surface area contributed by atoms with Crippen molar-refractivity contribution in [3.63, 3.8) is 0 Å². The van der Waals surface area contributed by atoms with E-state index in [2.05, 4.69) is 9.71 Å². The first-order chi connectivity index (χ1) is 13.3. The molecule has 0 aliphatic carbocycles. The molecule has 0 aromatic heterocycles. The smallest absolute Gasteiger partial charge is 0.283 e. The van der Waals surface area contributed by atoms with Crippen molar-refractivity contribution < 1.29 is 22.3 Å². The number of ether oxygens (including phenoxy) is 1. The number of nitrogens with zero attached hydrogens (tertiary/aromatic N) is 2. The first-order valence-corrected chi connectivity index (χ1v) is 10.1. The third-order valence-corrected chi connectivity index (χ3v) is 5.50. The Labute approximate surface area is 162 Å². The van der Waals surface area contributed by atoms with Crippen molar-refractivity contribution >= 4 is 27.5 Å². The van der Waals surface area contributed by atoms with Crippen LogP contribution in [0.25, 0.3) is 0 Å². The Morgan fingerprint density at radius 1 is 1.18 bits per heavy atom. The molecule has 148 valence electrons. The van der Waals surface area contributed by atoms with Crippen LogP contribution in [0.4, 0.5) is 10.1 Å². The molecule has 0 saturated carbocycles. The van der Waals surface area contributed by atoms with Crippen molar-refractivity contribution in [3.8, 4) is 5.75 Å². The van der Waals surface area contributed by atoms with Gasteiger partial charge < -0.3 is 15.0 Å². The highest BCUT2D eigenvalue weighted by Gasteiger charge is 2.20. The first-order valence-electron chi connectivity index (χ1n) is 8.67. The Bertz CT molecular complexity index is 973. The molecule has 0 bridgehead atoms. The fraction of sp³-hybridized carbons (Fsp3) is 0.263. The summed E-state index contributed by atoms with van der Waals surface area (Å²) in [4.78, 5) is 13.8. The van der Waals surface area contributed by atoms with E-state index in [9.17, 15) is 17.6 Å². The number of anilines is 1. The van der Waals surface area contributed by atoms with E-state index in [-0.39, 0.29) is 11.5 Å². The number of hydrogen-bond acceptors (Lipinski definition) is 4. The fourth-order valence-electron chi connectivity index (χ4n) is 2.69. The third-order valence-electron chi connectivity index (χ3n) is 4.18. The largest absolute Gasteiger partial charge is 0.484 e. The van der Waals surface area contributed by atoms with Gasteiger partial charge in [-0.1, -0.05) is 0 Å². The van der Waals surface area contributed by atoms with Gasteiger partial charge in [0.25, 0.3) is 15.9 Å². The van der Waals surface area contributed by atoms with Crippen LogP contribution in [0, 0.1) is 5.82 Å². The van der Waals surface area contributed by atoms with E-state index in [1.54, 1.807) is 0 Å². The lowest BCUT2D eigenvalue weighted by Gasteiger charge is -2.11. The van der Waals surface area contributed by atoms with E-state index < -0.39 is 21.7 Å². The number of nitrogens with one attached hydrogen (secondary N) is 1. The van der Waals surface area contributed by atoms with Crippen LogP contribution < -0.4 is 10.1 Å². The average molecular weight is 405 g/mol. The number of likely N-dealkylation sites (tertiary alicyclic amines) is 1. The number of benzene rings is 2. The number of rotatable bonds is 6. The van der Waals surface area contributed by atoms with Crippen LogP contribution in [0.1, 0.15) is 12.8 Å². The minimum Gasteiger partial charge on any atom is -0.484 e. The van der Waals surface area contributed by atoms with Crippen LogP contribution >= 0.6 is 0 Å². The SMILES string of the molecule is CN1CCC/C1=N/S(=O)(=O)c1ccc(NC(=O)COc2ccc(F)cc2)cc1. The number of halogens is 1. The van der Waals surface area contributed by atoms with Gasteiger partial charge in [-0.15, -0.1) is 4.40 Å². The minimum absolute atomic E-state index is 0.0564. The lowest BCUT2D eigenvalue weighted by molar-refractivity contribution is -0.118. The standard InChI is InChI=1S/C19H20FN3O4S/c1-23-12-2-3-18(23)22-28(25,26)17-10-6-15(7-11-17)21-19(24)13-27-16-8-4-14(20)5-9-16/h4-11H,2-3,12-13H2,1H3,(H,21,24)/b22-18-. The minimum atomic E-state index is -3.79. The Hall–Kier alpha value is -2.94. The van der Waals surface area contributed by atoms with Gasteiger partial charge in [0, 0.05) is 25.7 Å². The zero-order valence-corrected chi connectivity index (χ0v) is 16.1. The lowest BCUT2D eigenvalue weighted by atomic mass is 10.3. The number of sulfonamides is 1. The normalized spacial score (nSPS) is 15.6. The number of amides is 1. The molecular formula is C19H20FN3O4S. The Morgan fingerprint density at radius 3 is 2.46 bits per heavy atom. The van der Waals surface area contributed by atoms with E-state index >= 15 is 0 Å². The van der Waals surface area contributed by atoms with Gasteiger partial charge >= 0.3 is 0 Å². The quantitative estimate of drug-likeness (QED) is 0.798. The maximum absolute atomic E-state index is 12.8. The van der Waals surface area contributed by atoms with Crippen molar-refractivity contribution in [3.05, 3.63) is 54.3 Å². The topological polar surface area (TPSA) is 88.1 Å². The first kappa shape index (κ1) is 19.8. The predicted molar refractivity (Wildman–Crippen MR) is 103 cm³/mol. The van der Waals surface area contributed by atoms with Crippen LogP contribution in [-0.4, -0.2) is 45.3 Å². The third kappa shape index (κ3) is 5.07. The van der Waals surface area contributed by atoms with E-state index in [1.807, 2.05) is 11.9 Å². The van der Waals surface area contributed by atoms with Crippen LogP contribution in [0.3, 0.4) is 0 Å². The molecule has 0 unspecified atom stereocenters. The molecule has 1 aliphatic rings. The summed E-state index contributed by atoms with van der Waals surface area (Å²) in [5, 5.41) is 2.61. The second-order valence-electron chi connectivity index (χ2n) is 6.32. The van der Waals surface area contributed by atoms with E-state index in [0.717, 1.165) is 13.0 Å². The zero-order chi connectivity index (χ0) is 20.1. The Morgan fingerprint density at radius 2 is 1.86 bits per heavy atom. The average Bonchev–Trinajstić information content (AvgIpc) is 3.06. The van der Waals surface area contributed by atoms with Crippen LogP contribution in [0.2, 0.25) is 0 Å². The number of carbonyl (C=O) groups is 1. The van der Waals surface area contributed by atoms with E-state index in [4.69, 9.17) is 4.74 Å². The molecule has 3 rings (SSSR count). The molecule has 1 fully saturated rings. The molecule has 9 heteroatoms. The molecule has 1 saturated heterocycles. The van der Waals surface area contributed by atoms with Crippen molar-refractivity contribution in [1.29, 1.82) is 0 Å². The van der Waals surface area contributed by atoms with Gasteiger partial charge in [0.1, 0.15) is 17.4 Å². The summed E-state index contributed by atoms with van der Waals surface area (Å²) in [6.45, 7) is 0.533. The molecule has 2 aromatic rings. The molecule has 1 heterocycles. The summed E-state index contributed by atoms with van der Waals surface area (Å²) in [6, 6.07) is 11.1. The zero-order valence-electron chi connectivity index (χ0n) is 15.3. The van der Waals surface area contributed by atoms with Gasteiger partial charge in [-0.2, -0.15) is 8.42 Å². The number of carbonyl (C=O) groups excluding carboxylic acids is 1. The summed E-state index contributed by atoms with van der Waals surface area (Å²) in [6.07, 6.45) is 1.52. The highest BCUT2D eigenvalue weighted by atomic mass is 32.2. The van der Waals surface area contributed by atoms with Gasteiger partial charge in [-0.25, -0.2) is 4.39 Å². The summed E-state index contributed by atoms with van der Waals surface area (Å²) >= 11 is 0. The van der Waals surface area contributed by atoms with E-state index in [1.165, 1.54) is 48.5 Å². The molecule has 0 spiro atoms. The summed E-state index contributed by atoms with van der Waals surface area (Å²) in [7, 11) is -1.98. The van der Waals surface area contributed by atoms with Gasteiger partial charge in [-0.05, 0) is 55.0 Å². The molecule has 0 atom stereocenters.